The number of nitrogens with zero attached hydrogens (tertiary/aromatic N) is 6. The number of benzene rings is 2. The third-order valence-electron chi connectivity index (χ3n) is 9.54. The minimum atomic E-state index is -0.864. The fraction of sp³-hybridized carbons (Fsp3) is 0.375. The highest BCUT2D eigenvalue weighted by atomic mass is 16.6. The van der Waals surface area contributed by atoms with Crippen LogP contribution in [-0.2, 0) is 27.8 Å². The van der Waals surface area contributed by atoms with E-state index < -0.39 is 17.7 Å². The van der Waals surface area contributed by atoms with Gasteiger partial charge in [-0.1, -0.05) is 24.3 Å². The van der Waals surface area contributed by atoms with Crippen LogP contribution in [0.2, 0.25) is 0 Å². The Kier molecular flexibility index (Phi) is 12.2. The molecule has 1 aliphatic rings. The number of aromatic amines is 1. The summed E-state index contributed by atoms with van der Waals surface area (Å²) in [5.74, 6) is -0.0462. The molecule has 6 rings (SSSR count). The summed E-state index contributed by atoms with van der Waals surface area (Å²) in [5.41, 5.74) is 4.43. The molecule has 56 heavy (non-hydrogen) atoms. The van der Waals surface area contributed by atoms with Crippen LogP contribution in [0.4, 0.5) is 16.3 Å². The zero-order valence-corrected chi connectivity index (χ0v) is 32.1. The summed E-state index contributed by atoms with van der Waals surface area (Å²) in [6.07, 6.45) is 6.03. The molecule has 0 radical (unpaired) electrons. The summed E-state index contributed by atoms with van der Waals surface area (Å²) < 4.78 is 6.95. The maximum atomic E-state index is 13.8. The van der Waals surface area contributed by atoms with Crippen molar-refractivity contribution in [2.24, 2.45) is 18.9 Å². The topological polar surface area (TPSA) is 211 Å². The molecule has 292 valence electrons. The van der Waals surface area contributed by atoms with E-state index in [1.54, 1.807) is 60.5 Å². The van der Waals surface area contributed by atoms with Gasteiger partial charge in [0.15, 0.2) is 5.82 Å². The van der Waals surface area contributed by atoms with Gasteiger partial charge in [0.05, 0.1) is 0 Å². The molecule has 0 spiro atoms. The Morgan fingerprint density at radius 3 is 2.29 bits per heavy atom. The lowest BCUT2D eigenvalue weighted by molar-refractivity contribution is -0.130. The van der Waals surface area contributed by atoms with Crippen molar-refractivity contribution >= 4 is 35.3 Å². The van der Waals surface area contributed by atoms with E-state index in [-0.39, 0.29) is 41.7 Å². The van der Waals surface area contributed by atoms with Gasteiger partial charge in [0.25, 0.3) is 5.91 Å². The zero-order valence-electron chi connectivity index (χ0n) is 32.1. The number of alkyl carbamates (subject to hydrolysis) is 1. The fourth-order valence-electron chi connectivity index (χ4n) is 6.59. The highest BCUT2D eigenvalue weighted by molar-refractivity contribution is 6.02. The molecule has 16 nitrogen and oxygen atoms in total. The van der Waals surface area contributed by atoms with E-state index in [4.69, 9.17) is 4.74 Å². The van der Waals surface area contributed by atoms with Gasteiger partial charge in [0.1, 0.15) is 17.3 Å². The Balaban J connectivity index is 1.11. The van der Waals surface area contributed by atoms with Crippen LogP contribution in [0.5, 0.6) is 0 Å². The summed E-state index contributed by atoms with van der Waals surface area (Å²) in [5, 5.41) is 29.8. The lowest BCUT2D eigenvalue weighted by atomic mass is 9.81. The number of ether oxygens (including phenoxy) is 1. The van der Waals surface area contributed by atoms with E-state index in [9.17, 15) is 19.2 Å². The number of aryl methyl sites for hydroxylation is 2. The minimum Gasteiger partial charge on any atom is -0.444 e. The van der Waals surface area contributed by atoms with Crippen molar-refractivity contribution in [3.63, 3.8) is 0 Å². The van der Waals surface area contributed by atoms with Gasteiger partial charge in [-0.15, -0.1) is 10.2 Å². The van der Waals surface area contributed by atoms with Crippen LogP contribution >= 0.6 is 0 Å². The Hall–Kier alpha value is -6.45. The number of carbonyl (C=O) groups is 4. The molecule has 4 amide bonds. The second kappa shape index (κ2) is 17.3. The lowest BCUT2D eigenvalue weighted by Crippen LogP contribution is -2.48. The molecule has 1 saturated carbocycles. The quantitative estimate of drug-likeness (QED) is 0.112. The first kappa shape index (κ1) is 39.2. The van der Waals surface area contributed by atoms with E-state index in [0.29, 0.717) is 36.7 Å². The monoisotopic (exact) mass is 761 g/mol. The number of hydrogen-bond acceptors (Lipinski definition) is 10. The number of pyridine rings is 1. The number of amides is 4. The number of H-pyrrole nitrogens is 1. The van der Waals surface area contributed by atoms with Gasteiger partial charge in [-0.3, -0.25) is 24.0 Å². The van der Waals surface area contributed by atoms with Gasteiger partial charge < -0.3 is 26.0 Å². The number of aromatic nitrogens is 7. The molecule has 3 heterocycles. The summed E-state index contributed by atoms with van der Waals surface area (Å²) in [6.45, 7) is 7.86. The standard InChI is InChI=1S/C40H47N11O5/c1-24-20-32(37(53)45-34-18-19-51(5)48-34)41-23-31(24)27-10-6-25(7-11-27)21-33(38(54)43-30-16-14-28(15-17-30)35-46-49-50-47-35)44-36(52)29-12-8-26(9-13-29)22-42-39(55)56-40(2,3)4/h6-7,10-11,14-20,23,26,29,33H,8-9,12-13,21-22H2,1-5H3,(H,42,55)(H,43,54)(H,44,52)(H,45,48,53)(H,46,47,49,50)/t26?,29?,33-/m0/s1. The van der Waals surface area contributed by atoms with Crippen molar-refractivity contribution in [3.05, 3.63) is 89.9 Å². The summed E-state index contributed by atoms with van der Waals surface area (Å²) in [6, 6.07) is 17.3. The number of hydrogen-bond donors (Lipinski definition) is 5. The number of anilines is 2. The molecule has 5 N–H and O–H groups in total. The average molecular weight is 762 g/mol. The molecule has 1 fully saturated rings. The van der Waals surface area contributed by atoms with Gasteiger partial charge in [-0.25, -0.2) is 4.79 Å². The van der Waals surface area contributed by atoms with Crippen LogP contribution in [-0.4, -0.2) is 77.4 Å². The molecule has 2 aromatic carbocycles. The minimum absolute atomic E-state index is 0.179. The van der Waals surface area contributed by atoms with Crippen LogP contribution in [0.1, 0.15) is 68.1 Å². The molecule has 16 heteroatoms. The molecular formula is C40H47N11O5. The highest BCUT2D eigenvalue weighted by Crippen LogP contribution is 2.29. The van der Waals surface area contributed by atoms with Crippen LogP contribution in [0.3, 0.4) is 0 Å². The van der Waals surface area contributed by atoms with Crippen LogP contribution in [0.15, 0.2) is 73.1 Å². The van der Waals surface area contributed by atoms with E-state index in [2.05, 4.69) is 52.0 Å². The molecule has 5 aromatic rings. The largest absolute Gasteiger partial charge is 0.444 e. The SMILES string of the molecule is Cc1cc(C(=O)Nc2ccn(C)n2)ncc1-c1ccc(C[C@H](NC(=O)C2CCC(CNC(=O)OC(C)(C)C)CC2)C(=O)Nc2ccc(-c3nn[nH]n3)cc2)cc1. The Labute approximate surface area is 324 Å². The summed E-state index contributed by atoms with van der Waals surface area (Å²) in [7, 11) is 1.77. The Morgan fingerprint density at radius 1 is 0.946 bits per heavy atom. The molecule has 3 aromatic heterocycles. The Bertz CT molecular complexity index is 2130. The van der Waals surface area contributed by atoms with Gasteiger partial charge >= 0.3 is 6.09 Å². The van der Waals surface area contributed by atoms with Gasteiger partial charge in [-0.2, -0.15) is 10.3 Å². The average Bonchev–Trinajstić information content (AvgIpc) is 3.86. The predicted molar refractivity (Wildman–Crippen MR) is 209 cm³/mol. The molecule has 0 unspecified atom stereocenters. The first-order chi connectivity index (χ1) is 26.8. The van der Waals surface area contributed by atoms with Crippen molar-refractivity contribution < 1.29 is 23.9 Å². The first-order valence-corrected chi connectivity index (χ1v) is 18.6. The lowest BCUT2D eigenvalue weighted by Gasteiger charge is -2.29. The second-order valence-corrected chi connectivity index (χ2v) is 15.1. The molecule has 1 aliphatic carbocycles. The fourth-order valence-corrected chi connectivity index (χ4v) is 6.59. The van der Waals surface area contributed by atoms with Gasteiger partial charge in [0.2, 0.25) is 17.6 Å². The van der Waals surface area contributed by atoms with Gasteiger partial charge in [-0.05, 0) is 112 Å². The third kappa shape index (κ3) is 10.6. The smallest absolute Gasteiger partial charge is 0.407 e. The van der Waals surface area contributed by atoms with Crippen LogP contribution < -0.4 is 21.3 Å². The van der Waals surface area contributed by atoms with E-state index in [1.807, 2.05) is 52.0 Å². The Morgan fingerprint density at radius 2 is 1.66 bits per heavy atom. The van der Waals surface area contributed by atoms with Crippen molar-refractivity contribution in [1.82, 2.24) is 46.0 Å². The number of tetrazole rings is 1. The van der Waals surface area contributed by atoms with Crippen molar-refractivity contribution in [2.45, 2.75) is 71.4 Å². The van der Waals surface area contributed by atoms with E-state index in [0.717, 1.165) is 40.7 Å². The van der Waals surface area contributed by atoms with Crippen LogP contribution in [0.25, 0.3) is 22.5 Å². The summed E-state index contributed by atoms with van der Waals surface area (Å²) >= 11 is 0. The molecule has 0 saturated heterocycles. The zero-order chi connectivity index (χ0) is 39.8. The number of rotatable bonds is 12. The van der Waals surface area contributed by atoms with E-state index in [1.165, 1.54) is 0 Å². The highest BCUT2D eigenvalue weighted by Gasteiger charge is 2.30. The third-order valence-corrected chi connectivity index (χ3v) is 9.54. The normalized spacial score (nSPS) is 16.0. The number of carbonyl (C=O) groups excluding carboxylic acids is 4. The molecule has 1 atom stereocenters. The number of nitrogens with one attached hydrogen (secondary N) is 5. The molecule has 0 bridgehead atoms. The van der Waals surface area contributed by atoms with Gasteiger partial charge in [0, 0.05) is 61.2 Å². The second-order valence-electron chi connectivity index (χ2n) is 15.1. The van der Waals surface area contributed by atoms with Crippen LogP contribution in [0, 0.1) is 18.8 Å². The van der Waals surface area contributed by atoms with Crippen molar-refractivity contribution in [3.8, 4) is 22.5 Å². The maximum Gasteiger partial charge on any atom is 0.407 e. The molecular weight excluding hydrogens is 715 g/mol. The van der Waals surface area contributed by atoms with E-state index >= 15 is 0 Å². The maximum absolute atomic E-state index is 13.8. The summed E-state index contributed by atoms with van der Waals surface area (Å²) in [4.78, 5) is 56.8. The predicted octanol–water partition coefficient (Wildman–Crippen LogP) is 5.22. The van der Waals surface area contributed by atoms with Crippen molar-refractivity contribution in [2.75, 3.05) is 17.2 Å². The first-order valence-electron chi connectivity index (χ1n) is 18.6. The van der Waals surface area contributed by atoms with Crippen molar-refractivity contribution in [1.29, 1.82) is 0 Å². The molecule has 0 aliphatic heterocycles.